The fourth-order valence-electron chi connectivity index (χ4n) is 1.84. The summed E-state index contributed by atoms with van der Waals surface area (Å²) in [6.07, 6.45) is 3.81. The second-order valence-electron chi connectivity index (χ2n) is 4.19. The molecule has 2 rings (SSSR count). The van der Waals surface area contributed by atoms with Crippen LogP contribution in [-0.2, 0) is 10.0 Å². The SMILES string of the molecule is N#Cc1ccc(S(=O)(=O)NCCC2=CCNCC2)s1. The summed E-state index contributed by atoms with van der Waals surface area (Å²) in [7, 11) is -3.48. The number of nitrogens with one attached hydrogen (secondary N) is 2. The Morgan fingerprint density at radius 2 is 2.32 bits per heavy atom. The summed E-state index contributed by atoms with van der Waals surface area (Å²) >= 11 is 0.990. The fourth-order valence-corrected chi connectivity index (χ4v) is 4.02. The molecule has 0 bridgehead atoms. The lowest BCUT2D eigenvalue weighted by Gasteiger charge is -2.13. The maximum Gasteiger partial charge on any atom is 0.250 e. The number of rotatable bonds is 5. The number of nitrogens with zero attached hydrogens (tertiary/aromatic N) is 1. The zero-order chi connectivity index (χ0) is 13.7. The molecule has 0 unspecified atom stereocenters. The smallest absolute Gasteiger partial charge is 0.250 e. The van der Waals surface area contributed by atoms with Crippen molar-refractivity contribution in [2.24, 2.45) is 0 Å². The summed E-state index contributed by atoms with van der Waals surface area (Å²) in [6.45, 7) is 2.21. The number of sulfonamides is 1. The standard InChI is InChI=1S/C12H15N3O2S2/c13-9-11-1-2-12(18-11)19(16,17)15-8-5-10-3-6-14-7-4-10/h1-3,14-15H,4-8H2. The summed E-state index contributed by atoms with van der Waals surface area (Å²) in [5.74, 6) is 0. The summed E-state index contributed by atoms with van der Waals surface area (Å²) in [4.78, 5) is 0.404. The third-order valence-electron chi connectivity index (χ3n) is 2.85. The van der Waals surface area contributed by atoms with Crippen LogP contribution in [0.2, 0.25) is 0 Å². The molecule has 0 atom stereocenters. The second kappa shape index (κ2) is 6.30. The molecule has 0 saturated heterocycles. The molecule has 5 nitrogen and oxygen atoms in total. The highest BCUT2D eigenvalue weighted by atomic mass is 32.2. The van der Waals surface area contributed by atoms with Gasteiger partial charge in [-0.25, -0.2) is 13.1 Å². The van der Waals surface area contributed by atoms with E-state index < -0.39 is 10.0 Å². The number of nitriles is 1. The first-order valence-corrected chi connectivity index (χ1v) is 8.30. The lowest BCUT2D eigenvalue weighted by Crippen LogP contribution is -2.26. The molecule has 0 aromatic carbocycles. The van der Waals surface area contributed by atoms with Crippen LogP contribution in [0.1, 0.15) is 17.7 Å². The molecule has 1 aliphatic rings. The molecule has 1 aromatic rings. The highest BCUT2D eigenvalue weighted by Crippen LogP contribution is 2.20. The van der Waals surface area contributed by atoms with Gasteiger partial charge in [-0.3, -0.25) is 0 Å². The predicted octanol–water partition coefficient (Wildman–Crippen LogP) is 1.21. The number of thiophene rings is 1. The van der Waals surface area contributed by atoms with E-state index in [1.807, 2.05) is 6.07 Å². The van der Waals surface area contributed by atoms with Gasteiger partial charge in [-0.15, -0.1) is 11.3 Å². The van der Waals surface area contributed by atoms with Crippen LogP contribution in [0.4, 0.5) is 0 Å². The average molecular weight is 297 g/mol. The zero-order valence-electron chi connectivity index (χ0n) is 10.3. The van der Waals surface area contributed by atoms with E-state index in [4.69, 9.17) is 5.26 Å². The van der Waals surface area contributed by atoms with Crippen molar-refractivity contribution in [2.45, 2.75) is 17.1 Å². The van der Waals surface area contributed by atoms with Gasteiger partial charge in [0, 0.05) is 13.1 Å². The third-order valence-corrected chi connectivity index (χ3v) is 5.80. The van der Waals surface area contributed by atoms with E-state index in [2.05, 4.69) is 16.1 Å². The van der Waals surface area contributed by atoms with Crippen LogP contribution in [0, 0.1) is 11.3 Å². The van der Waals surface area contributed by atoms with Gasteiger partial charge in [-0.05, 0) is 31.5 Å². The largest absolute Gasteiger partial charge is 0.313 e. The van der Waals surface area contributed by atoms with Gasteiger partial charge in [0.2, 0.25) is 10.0 Å². The Labute approximate surface area is 117 Å². The molecule has 0 radical (unpaired) electrons. The second-order valence-corrected chi connectivity index (χ2v) is 7.27. The van der Waals surface area contributed by atoms with Gasteiger partial charge in [-0.1, -0.05) is 11.6 Å². The fraction of sp³-hybridized carbons (Fsp3) is 0.417. The van der Waals surface area contributed by atoms with Crippen molar-refractivity contribution in [3.05, 3.63) is 28.7 Å². The van der Waals surface area contributed by atoms with Crippen LogP contribution in [0.3, 0.4) is 0 Å². The Morgan fingerprint density at radius 1 is 1.47 bits per heavy atom. The highest BCUT2D eigenvalue weighted by molar-refractivity contribution is 7.91. The molecule has 0 aliphatic carbocycles. The van der Waals surface area contributed by atoms with E-state index in [0.29, 0.717) is 11.4 Å². The van der Waals surface area contributed by atoms with Crippen molar-refractivity contribution in [1.29, 1.82) is 5.26 Å². The van der Waals surface area contributed by atoms with Crippen LogP contribution in [0.25, 0.3) is 0 Å². The first-order valence-electron chi connectivity index (χ1n) is 6.00. The first kappa shape index (κ1) is 14.2. The van der Waals surface area contributed by atoms with E-state index >= 15 is 0 Å². The Balaban J connectivity index is 1.91. The van der Waals surface area contributed by atoms with E-state index in [1.54, 1.807) is 0 Å². The first-order chi connectivity index (χ1) is 9.12. The molecule has 1 aliphatic heterocycles. The molecular weight excluding hydrogens is 282 g/mol. The van der Waals surface area contributed by atoms with Crippen LogP contribution in [0.5, 0.6) is 0 Å². The molecule has 0 amide bonds. The van der Waals surface area contributed by atoms with Crippen molar-refractivity contribution < 1.29 is 8.42 Å². The topological polar surface area (TPSA) is 82.0 Å². The maximum atomic E-state index is 12.0. The third kappa shape index (κ3) is 3.88. The Bertz CT molecular complexity index is 611. The minimum atomic E-state index is -3.48. The monoisotopic (exact) mass is 297 g/mol. The van der Waals surface area contributed by atoms with Crippen LogP contribution in [0.15, 0.2) is 28.0 Å². The van der Waals surface area contributed by atoms with Crippen molar-refractivity contribution in [3.63, 3.8) is 0 Å². The zero-order valence-corrected chi connectivity index (χ0v) is 12.0. The number of hydrogen-bond donors (Lipinski definition) is 2. The summed E-state index contributed by atoms with van der Waals surface area (Å²) in [5, 5.41) is 11.9. The van der Waals surface area contributed by atoms with Crippen LogP contribution >= 0.6 is 11.3 Å². The Morgan fingerprint density at radius 3 is 2.95 bits per heavy atom. The van der Waals surface area contributed by atoms with Gasteiger partial charge >= 0.3 is 0 Å². The van der Waals surface area contributed by atoms with E-state index in [1.165, 1.54) is 17.7 Å². The van der Waals surface area contributed by atoms with Crippen molar-refractivity contribution >= 4 is 21.4 Å². The molecule has 7 heteroatoms. The molecule has 19 heavy (non-hydrogen) atoms. The molecular formula is C12H15N3O2S2. The molecule has 2 N–H and O–H groups in total. The van der Waals surface area contributed by atoms with Gasteiger partial charge in [-0.2, -0.15) is 5.26 Å². The van der Waals surface area contributed by atoms with Gasteiger partial charge in [0.1, 0.15) is 15.2 Å². The maximum absolute atomic E-state index is 12.0. The lowest BCUT2D eigenvalue weighted by atomic mass is 10.1. The number of hydrogen-bond acceptors (Lipinski definition) is 5. The van der Waals surface area contributed by atoms with Crippen molar-refractivity contribution in [1.82, 2.24) is 10.0 Å². The van der Waals surface area contributed by atoms with Crippen molar-refractivity contribution in [2.75, 3.05) is 19.6 Å². The minimum Gasteiger partial charge on any atom is -0.313 e. The Hall–Kier alpha value is -1.20. The van der Waals surface area contributed by atoms with Gasteiger partial charge in [0.15, 0.2) is 0 Å². The molecule has 0 saturated carbocycles. The molecule has 0 spiro atoms. The average Bonchev–Trinajstić information content (AvgIpc) is 2.89. The van der Waals surface area contributed by atoms with E-state index in [-0.39, 0.29) is 4.21 Å². The van der Waals surface area contributed by atoms with Crippen LogP contribution < -0.4 is 10.0 Å². The molecule has 1 aromatic heterocycles. The minimum absolute atomic E-state index is 0.198. The van der Waals surface area contributed by atoms with Crippen molar-refractivity contribution in [3.8, 4) is 6.07 Å². The summed E-state index contributed by atoms with van der Waals surface area (Å²) in [6, 6.07) is 4.93. The normalized spacial score (nSPS) is 15.8. The molecule has 0 fully saturated rings. The predicted molar refractivity (Wildman–Crippen MR) is 74.4 cm³/mol. The van der Waals surface area contributed by atoms with E-state index in [9.17, 15) is 8.42 Å². The van der Waals surface area contributed by atoms with Gasteiger partial charge in [0.25, 0.3) is 0 Å². The van der Waals surface area contributed by atoms with Crippen LogP contribution in [-0.4, -0.2) is 28.1 Å². The molecule has 102 valence electrons. The summed E-state index contributed by atoms with van der Waals surface area (Å²) < 4.78 is 26.7. The quantitative estimate of drug-likeness (QED) is 0.800. The molecule has 2 heterocycles. The van der Waals surface area contributed by atoms with Gasteiger partial charge in [0.05, 0.1) is 0 Å². The van der Waals surface area contributed by atoms with Gasteiger partial charge < -0.3 is 5.32 Å². The highest BCUT2D eigenvalue weighted by Gasteiger charge is 2.16. The Kier molecular flexibility index (Phi) is 4.71. The summed E-state index contributed by atoms with van der Waals surface area (Å²) in [5.41, 5.74) is 1.28. The lowest BCUT2D eigenvalue weighted by molar-refractivity contribution is 0.582. The van der Waals surface area contributed by atoms with E-state index in [0.717, 1.165) is 37.3 Å².